The van der Waals surface area contributed by atoms with E-state index in [2.05, 4.69) is 20.6 Å². The second-order valence-corrected chi connectivity index (χ2v) is 6.10. The van der Waals surface area contributed by atoms with E-state index in [0.29, 0.717) is 19.4 Å². The summed E-state index contributed by atoms with van der Waals surface area (Å²) >= 11 is 0. The largest absolute Gasteiger partial charge is 0.392 e. The van der Waals surface area contributed by atoms with Gasteiger partial charge < -0.3 is 15.4 Å². The first-order valence-corrected chi connectivity index (χ1v) is 6.71. The van der Waals surface area contributed by atoms with Crippen LogP contribution in [-0.2, 0) is 17.8 Å². The zero-order valence-electron chi connectivity index (χ0n) is 11.2. The van der Waals surface area contributed by atoms with Gasteiger partial charge in [-0.15, -0.1) is 0 Å². The van der Waals surface area contributed by atoms with Gasteiger partial charge >= 0.3 is 0 Å². The predicted octanol–water partition coefficient (Wildman–Crippen LogP) is -0.300. The Labute approximate surface area is 112 Å². The summed E-state index contributed by atoms with van der Waals surface area (Å²) in [6.07, 6.45) is 2.59. The molecule has 2 aliphatic rings. The molecule has 3 atom stereocenters. The summed E-state index contributed by atoms with van der Waals surface area (Å²) in [7, 11) is 0. The number of aliphatic hydroxyl groups excluding tert-OH is 1. The fourth-order valence-corrected chi connectivity index (χ4v) is 2.77. The molecule has 6 heteroatoms. The Balaban J connectivity index is 1.61. The van der Waals surface area contributed by atoms with Gasteiger partial charge in [-0.3, -0.25) is 10.1 Å². The van der Waals surface area contributed by atoms with Crippen LogP contribution >= 0.6 is 0 Å². The number of aromatic amines is 1. The normalized spacial score (nSPS) is 32.3. The van der Waals surface area contributed by atoms with Crippen molar-refractivity contribution in [1.82, 2.24) is 20.6 Å². The molecule has 19 heavy (non-hydrogen) atoms. The topological polar surface area (TPSA) is 90.0 Å². The standard InChI is InChI=1S/C13H20N4O2/c1-13(2)10(4-11(13)18)17-12(19)8-3-7-9(5-14-8)16-6-15-7/h6,8,10-11,14,18H,3-5H2,1-2H3,(H,15,16)(H,17,19). The van der Waals surface area contributed by atoms with Gasteiger partial charge in [0.15, 0.2) is 0 Å². The summed E-state index contributed by atoms with van der Waals surface area (Å²) in [5.41, 5.74) is 1.79. The van der Waals surface area contributed by atoms with Gasteiger partial charge in [0.05, 0.1) is 29.9 Å². The molecule has 3 rings (SSSR count). The number of aromatic nitrogens is 2. The average molecular weight is 264 g/mol. The Morgan fingerprint density at radius 2 is 2.37 bits per heavy atom. The minimum absolute atomic E-state index is 0.00127. The molecule has 6 nitrogen and oxygen atoms in total. The zero-order chi connectivity index (χ0) is 13.6. The number of aliphatic hydroxyl groups is 1. The molecule has 3 unspecified atom stereocenters. The quantitative estimate of drug-likeness (QED) is 0.590. The van der Waals surface area contributed by atoms with Gasteiger partial charge in [-0.25, -0.2) is 4.98 Å². The minimum Gasteiger partial charge on any atom is -0.392 e. The van der Waals surface area contributed by atoms with Crippen LogP contribution in [0.1, 0.15) is 31.7 Å². The first-order valence-electron chi connectivity index (χ1n) is 6.71. The van der Waals surface area contributed by atoms with Gasteiger partial charge in [-0.05, 0) is 6.42 Å². The van der Waals surface area contributed by atoms with Crippen molar-refractivity contribution in [2.24, 2.45) is 5.41 Å². The van der Waals surface area contributed by atoms with Gasteiger partial charge in [0.25, 0.3) is 0 Å². The maximum Gasteiger partial charge on any atom is 0.237 e. The molecule has 1 aromatic heterocycles. The van der Waals surface area contributed by atoms with Crippen molar-refractivity contribution < 1.29 is 9.90 Å². The molecule has 1 fully saturated rings. The van der Waals surface area contributed by atoms with E-state index in [0.717, 1.165) is 11.4 Å². The van der Waals surface area contributed by atoms with E-state index >= 15 is 0 Å². The lowest BCUT2D eigenvalue weighted by Crippen LogP contribution is -2.63. The third-order valence-corrected chi connectivity index (χ3v) is 4.58. The molecule has 1 aliphatic heterocycles. The first kappa shape index (κ1) is 12.6. The fourth-order valence-electron chi connectivity index (χ4n) is 2.77. The van der Waals surface area contributed by atoms with Crippen molar-refractivity contribution in [3.05, 3.63) is 17.7 Å². The third kappa shape index (κ3) is 2.04. The second kappa shape index (κ2) is 4.31. The van der Waals surface area contributed by atoms with Crippen LogP contribution in [0.5, 0.6) is 0 Å². The van der Waals surface area contributed by atoms with Gasteiger partial charge in [-0.1, -0.05) is 13.8 Å². The molecule has 0 spiro atoms. The van der Waals surface area contributed by atoms with Crippen LogP contribution in [0, 0.1) is 5.41 Å². The highest BCUT2D eigenvalue weighted by atomic mass is 16.3. The lowest BCUT2D eigenvalue weighted by molar-refractivity contribution is -0.131. The van der Waals surface area contributed by atoms with Crippen molar-refractivity contribution in [2.75, 3.05) is 0 Å². The van der Waals surface area contributed by atoms with Crippen LogP contribution in [0.25, 0.3) is 0 Å². The van der Waals surface area contributed by atoms with Crippen LogP contribution in [0.15, 0.2) is 6.33 Å². The second-order valence-electron chi connectivity index (χ2n) is 6.10. The molecule has 0 aromatic carbocycles. The Bertz CT molecular complexity index is 497. The molecular weight excluding hydrogens is 244 g/mol. The predicted molar refractivity (Wildman–Crippen MR) is 69.3 cm³/mol. The van der Waals surface area contributed by atoms with Gasteiger partial charge in [0.2, 0.25) is 5.91 Å². The molecule has 4 N–H and O–H groups in total. The lowest BCUT2D eigenvalue weighted by atomic mass is 9.64. The number of imidazole rings is 1. The fraction of sp³-hybridized carbons (Fsp3) is 0.692. The molecule has 1 amide bonds. The van der Waals surface area contributed by atoms with E-state index in [-0.39, 0.29) is 29.5 Å². The van der Waals surface area contributed by atoms with Crippen LogP contribution in [0.3, 0.4) is 0 Å². The molecule has 1 aromatic rings. The maximum absolute atomic E-state index is 12.2. The van der Waals surface area contributed by atoms with Crippen molar-refractivity contribution >= 4 is 5.91 Å². The number of amides is 1. The smallest absolute Gasteiger partial charge is 0.237 e. The van der Waals surface area contributed by atoms with Crippen LogP contribution in [0.4, 0.5) is 0 Å². The summed E-state index contributed by atoms with van der Waals surface area (Å²) in [4.78, 5) is 19.5. The summed E-state index contributed by atoms with van der Waals surface area (Å²) in [6.45, 7) is 4.60. The Morgan fingerprint density at radius 3 is 3.05 bits per heavy atom. The molecule has 0 bridgehead atoms. The molecule has 104 valence electrons. The van der Waals surface area contributed by atoms with Crippen molar-refractivity contribution in [2.45, 2.75) is 51.4 Å². The van der Waals surface area contributed by atoms with Crippen LogP contribution < -0.4 is 10.6 Å². The monoisotopic (exact) mass is 264 g/mol. The van der Waals surface area contributed by atoms with E-state index in [9.17, 15) is 9.90 Å². The number of nitrogens with zero attached hydrogens (tertiary/aromatic N) is 1. The van der Waals surface area contributed by atoms with Crippen LogP contribution in [0.2, 0.25) is 0 Å². The number of carbonyl (C=O) groups is 1. The van der Waals surface area contributed by atoms with Crippen molar-refractivity contribution in [3.63, 3.8) is 0 Å². The number of rotatable bonds is 2. The Hall–Kier alpha value is -1.40. The van der Waals surface area contributed by atoms with Gasteiger partial charge in [-0.2, -0.15) is 0 Å². The summed E-state index contributed by atoms with van der Waals surface area (Å²) < 4.78 is 0. The Morgan fingerprint density at radius 1 is 1.58 bits per heavy atom. The zero-order valence-corrected chi connectivity index (χ0v) is 11.2. The van der Waals surface area contributed by atoms with Gasteiger partial charge in [0.1, 0.15) is 0 Å². The summed E-state index contributed by atoms with van der Waals surface area (Å²) in [6, 6.07) is -0.179. The average Bonchev–Trinajstić information content (AvgIpc) is 2.85. The highest BCUT2D eigenvalue weighted by molar-refractivity contribution is 5.82. The summed E-state index contributed by atoms with van der Waals surface area (Å²) in [5, 5.41) is 15.9. The Kier molecular flexibility index (Phi) is 2.87. The number of hydrogen-bond donors (Lipinski definition) is 4. The number of carbonyl (C=O) groups excluding carboxylic acids is 1. The lowest BCUT2D eigenvalue weighted by Gasteiger charge is -2.49. The molecule has 0 radical (unpaired) electrons. The number of fused-ring (bicyclic) bond motifs is 1. The molecule has 1 saturated carbocycles. The molecule has 2 heterocycles. The third-order valence-electron chi connectivity index (χ3n) is 4.58. The SMILES string of the molecule is CC1(C)C(O)CC1NC(=O)C1Cc2nc[nH]c2CN1. The summed E-state index contributed by atoms with van der Waals surface area (Å²) in [5.74, 6) is -0.00127. The molecule has 1 aliphatic carbocycles. The van der Waals surface area contributed by atoms with Gasteiger partial charge in [0, 0.05) is 24.4 Å². The highest BCUT2D eigenvalue weighted by Crippen LogP contribution is 2.40. The van der Waals surface area contributed by atoms with Crippen molar-refractivity contribution in [3.8, 4) is 0 Å². The number of hydrogen-bond acceptors (Lipinski definition) is 4. The van der Waals surface area contributed by atoms with E-state index in [1.54, 1.807) is 6.33 Å². The molecule has 0 saturated heterocycles. The minimum atomic E-state index is -0.324. The van der Waals surface area contributed by atoms with Crippen molar-refractivity contribution in [1.29, 1.82) is 0 Å². The highest BCUT2D eigenvalue weighted by Gasteiger charge is 2.48. The first-order chi connectivity index (χ1) is 8.98. The number of nitrogens with one attached hydrogen (secondary N) is 3. The van der Waals surface area contributed by atoms with E-state index in [1.807, 2.05) is 13.8 Å². The van der Waals surface area contributed by atoms with E-state index < -0.39 is 0 Å². The number of H-pyrrole nitrogens is 1. The maximum atomic E-state index is 12.2. The van der Waals surface area contributed by atoms with E-state index in [1.165, 1.54) is 0 Å². The van der Waals surface area contributed by atoms with E-state index in [4.69, 9.17) is 0 Å². The molecular formula is C13H20N4O2. The van der Waals surface area contributed by atoms with Crippen LogP contribution in [-0.4, -0.2) is 39.2 Å².